The predicted octanol–water partition coefficient (Wildman–Crippen LogP) is 5.46. The maximum atomic E-state index is 6.14. The zero-order chi connectivity index (χ0) is 14.7. The van der Waals surface area contributed by atoms with Crippen LogP contribution in [-0.2, 0) is 4.74 Å². The highest BCUT2D eigenvalue weighted by molar-refractivity contribution is 8.00. The molecule has 1 aliphatic heterocycles. The molecule has 2 heterocycles. The normalized spacial score (nSPS) is 16.1. The summed E-state index contributed by atoms with van der Waals surface area (Å²) >= 11 is 15.2. The van der Waals surface area contributed by atoms with Crippen LogP contribution in [0, 0.1) is 0 Å². The number of rotatable bonds is 4. The molecule has 1 fully saturated rings. The number of ether oxygens (including phenoxy) is 1. The number of hydrogen-bond acceptors (Lipinski definition) is 5. The average molecular weight is 361 g/mol. The second-order valence-corrected chi connectivity index (χ2v) is 7.29. The molecule has 3 rings (SSSR count). The Hall–Kier alpha value is -0.460. The molecular formula is C14H14Cl2N2OS2. The monoisotopic (exact) mass is 360 g/mol. The number of aromatic nitrogens is 1. The Bertz CT molecular complexity index is 615. The summed E-state index contributed by atoms with van der Waals surface area (Å²) in [6.07, 6.45) is 2.10. The molecule has 1 N–H and O–H groups in total. The van der Waals surface area contributed by atoms with E-state index in [1.165, 1.54) is 11.9 Å². The molecule has 21 heavy (non-hydrogen) atoms. The van der Waals surface area contributed by atoms with Crippen LogP contribution in [0.3, 0.4) is 0 Å². The molecular weight excluding hydrogens is 347 g/mol. The highest BCUT2D eigenvalue weighted by Gasteiger charge is 2.18. The van der Waals surface area contributed by atoms with Crippen LogP contribution >= 0.6 is 46.5 Å². The lowest BCUT2D eigenvalue weighted by Crippen LogP contribution is -2.14. The molecule has 1 saturated heterocycles. The minimum absolute atomic E-state index is 0.519. The maximum Gasteiger partial charge on any atom is 0.193 e. The Morgan fingerprint density at radius 2 is 2.10 bits per heavy atom. The Morgan fingerprint density at radius 3 is 2.90 bits per heavy atom. The maximum absolute atomic E-state index is 6.14. The summed E-state index contributed by atoms with van der Waals surface area (Å²) in [6.45, 7) is 1.66. The van der Waals surface area contributed by atoms with Crippen molar-refractivity contribution in [1.82, 2.24) is 4.98 Å². The predicted molar refractivity (Wildman–Crippen MR) is 90.8 cm³/mol. The summed E-state index contributed by atoms with van der Waals surface area (Å²) in [7, 11) is 0. The second kappa shape index (κ2) is 7.20. The van der Waals surface area contributed by atoms with E-state index in [9.17, 15) is 0 Å². The molecule has 0 bridgehead atoms. The number of halogens is 2. The zero-order valence-electron chi connectivity index (χ0n) is 11.1. The van der Waals surface area contributed by atoms with Crippen LogP contribution in [0.4, 0.5) is 5.13 Å². The quantitative estimate of drug-likeness (QED) is 0.733. The van der Waals surface area contributed by atoms with E-state index < -0.39 is 0 Å². The van der Waals surface area contributed by atoms with Crippen molar-refractivity contribution < 1.29 is 4.74 Å². The number of nitrogens with zero attached hydrogens (tertiary/aromatic N) is 1. The lowest BCUT2D eigenvalue weighted by Gasteiger charge is -2.19. The summed E-state index contributed by atoms with van der Waals surface area (Å²) in [6, 6.07) is 5.42. The van der Waals surface area contributed by atoms with Crippen molar-refractivity contribution in [2.75, 3.05) is 17.9 Å². The van der Waals surface area contributed by atoms with Gasteiger partial charge in [0.1, 0.15) is 0 Å². The summed E-state index contributed by atoms with van der Waals surface area (Å²) in [4.78, 5) is 5.55. The smallest absolute Gasteiger partial charge is 0.193 e. The SMILES string of the molecule is Clc1ccc(Cl)c(SNc2nc(C3CCOCC3)cs2)c1. The third kappa shape index (κ3) is 4.05. The van der Waals surface area contributed by atoms with Crippen molar-refractivity contribution in [3.63, 3.8) is 0 Å². The van der Waals surface area contributed by atoms with Gasteiger partial charge in [-0.2, -0.15) is 0 Å². The van der Waals surface area contributed by atoms with E-state index in [0.29, 0.717) is 16.0 Å². The molecule has 0 aliphatic carbocycles. The molecule has 0 radical (unpaired) electrons. The number of nitrogens with one attached hydrogen (secondary N) is 1. The molecule has 112 valence electrons. The fourth-order valence-electron chi connectivity index (χ4n) is 2.17. The van der Waals surface area contributed by atoms with Gasteiger partial charge in [-0.3, -0.25) is 0 Å². The van der Waals surface area contributed by atoms with Crippen LogP contribution < -0.4 is 4.72 Å². The molecule has 7 heteroatoms. The number of hydrogen-bond donors (Lipinski definition) is 1. The van der Waals surface area contributed by atoms with E-state index in [4.69, 9.17) is 27.9 Å². The number of benzene rings is 1. The van der Waals surface area contributed by atoms with Crippen molar-refractivity contribution >= 4 is 51.6 Å². The van der Waals surface area contributed by atoms with Gasteiger partial charge in [0.2, 0.25) is 0 Å². The Labute approximate surface area is 142 Å². The summed E-state index contributed by atoms with van der Waals surface area (Å²) in [5.41, 5.74) is 1.16. The fourth-order valence-corrected chi connectivity index (χ4v) is 4.19. The van der Waals surface area contributed by atoms with Gasteiger partial charge >= 0.3 is 0 Å². The molecule has 0 atom stereocenters. The van der Waals surface area contributed by atoms with Crippen molar-refractivity contribution in [3.05, 3.63) is 39.3 Å². The first-order valence-corrected chi connectivity index (χ1v) is 9.08. The van der Waals surface area contributed by atoms with Crippen LogP contribution in [0.25, 0.3) is 0 Å². The van der Waals surface area contributed by atoms with E-state index in [1.54, 1.807) is 23.5 Å². The lowest BCUT2D eigenvalue weighted by molar-refractivity contribution is 0.0846. The minimum Gasteiger partial charge on any atom is -0.381 e. The van der Waals surface area contributed by atoms with Gasteiger partial charge in [-0.25, -0.2) is 4.98 Å². The molecule has 1 aromatic heterocycles. The van der Waals surface area contributed by atoms with E-state index in [2.05, 4.69) is 15.1 Å². The topological polar surface area (TPSA) is 34.2 Å². The van der Waals surface area contributed by atoms with E-state index >= 15 is 0 Å². The highest BCUT2D eigenvalue weighted by Crippen LogP contribution is 2.34. The van der Waals surface area contributed by atoms with Gasteiger partial charge in [0.05, 0.1) is 10.7 Å². The fraction of sp³-hybridized carbons (Fsp3) is 0.357. The van der Waals surface area contributed by atoms with E-state index in [1.807, 2.05) is 6.07 Å². The zero-order valence-corrected chi connectivity index (χ0v) is 14.3. The molecule has 1 aliphatic rings. The number of anilines is 1. The third-order valence-electron chi connectivity index (χ3n) is 3.30. The van der Waals surface area contributed by atoms with E-state index in [0.717, 1.165) is 41.8 Å². The first-order valence-electron chi connectivity index (χ1n) is 6.63. The van der Waals surface area contributed by atoms with Crippen molar-refractivity contribution in [2.45, 2.75) is 23.7 Å². The lowest BCUT2D eigenvalue weighted by atomic mass is 9.98. The minimum atomic E-state index is 0.519. The molecule has 1 aromatic carbocycles. The van der Waals surface area contributed by atoms with Gasteiger partial charge in [0, 0.05) is 34.4 Å². The standard InChI is InChI=1S/C14H14Cl2N2OS2/c15-10-1-2-11(16)13(7-10)21-18-14-17-12(8-20-14)9-3-5-19-6-4-9/h1-2,7-9H,3-6H2,(H,17,18). The van der Waals surface area contributed by atoms with Gasteiger partial charge in [-0.1, -0.05) is 23.2 Å². The molecule has 0 spiro atoms. The van der Waals surface area contributed by atoms with Crippen molar-refractivity contribution in [3.8, 4) is 0 Å². The Kier molecular flexibility index (Phi) is 5.29. The van der Waals surface area contributed by atoms with E-state index in [-0.39, 0.29) is 0 Å². The molecule has 0 saturated carbocycles. The summed E-state index contributed by atoms with van der Waals surface area (Å²) < 4.78 is 8.62. The third-order valence-corrected chi connectivity index (χ3v) is 5.74. The Morgan fingerprint density at radius 1 is 1.29 bits per heavy atom. The van der Waals surface area contributed by atoms with Gasteiger partial charge in [-0.05, 0) is 43.0 Å². The summed E-state index contributed by atoms with van der Waals surface area (Å²) in [5, 5.41) is 4.36. The van der Waals surface area contributed by atoms with Crippen LogP contribution in [0.5, 0.6) is 0 Å². The van der Waals surface area contributed by atoms with Gasteiger partial charge in [0.25, 0.3) is 0 Å². The van der Waals surface area contributed by atoms with Gasteiger partial charge in [-0.15, -0.1) is 11.3 Å². The Balaban J connectivity index is 1.63. The highest BCUT2D eigenvalue weighted by atomic mass is 35.5. The average Bonchev–Trinajstić information content (AvgIpc) is 2.98. The molecule has 3 nitrogen and oxygen atoms in total. The molecule has 0 unspecified atom stereocenters. The van der Waals surface area contributed by atoms with Gasteiger partial charge < -0.3 is 9.46 Å². The first kappa shape index (κ1) is 15.4. The summed E-state index contributed by atoms with van der Waals surface area (Å²) in [5.74, 6) is 0.519. The van der Waals surface area contributed by atoms with Crippen molar-refractivity contribution in [2.24, 2.45) is 0 Å². The van der Waals surface area contributed by atoms with Crippen molar-refractivity contribution in [1.29, 1.82) is 0 Å². The first-order chi connectivity index (χ1) is 10.2. The van der Waals surface area contributed by atoms with Gasteiger partial charge in [0.15, 0.2) is 5.13 Å². The van der Waals surface area contributed by atoms with Crippen LogP contribution in [-0.4, -0.2) is 18.2 Å². The second-order valence-electron chi connectivity index (χ2n) is 4.74. The van der Waals surface area contributed by atoms with Crippen LogP contribution in [0.1, 0.15) is 24.5 Å². The number of thiazole rings is 1. The van der Waals surface area contributed by atoms with Crippen LogP contribution in [0.15, 0.2) is 28.5 Å². The molecule has 0 amide bonds. The van der Waals surface area contributed by atoms with Crippen LogP contribution in [0.2, 0.25) is 10.0 Å². The largest absolute Gasteiger partial charge is 0.381 e. The molecule has 2 aromatic rings.